The zero-order chi connectivity index (χ0) is 18.8. The highest BCUT2D eigenvalue weighted by Gasteiger charge is 2.41. The van der Waals surface area contributed by atoms with E-state index >= 15 is 0 Å². The van der Waals surface area contributed by atoms with Crippen molar-refractivity contribution in [2.75, 3.05) is 26.2 Å². The molecule has 26 heavy (non-hydrogen) atoms. The Labute approximate surface area is 155 Å². The van der Waals surface area contributed by atoms with E-state index in [9.17, 15) is 13.2 Å². The fraction of sp³-hybridized carbons (Fsp3) is 0.714. The predicted molar refractivity (Wildman–Crippen MR) is 99.2 cm³/mol. The summed E-state index contributed by atoms with van der Waals surface area (Å²) in [5.41, 5.74) is 0.394. The quantitative estimate of drug-likeness (QED) is 0.723. The van der Waals surface area contributed by atoms with Gasteiger partial charge in [0.1, 0.15) is 0 Å². The molecule has 0 saturated carbocycles. The number of alkyl halides is 3. The van der Waals surface area contributed by atoms with E-state index in [0.29, 0.717) is 12.5 Å². The number of hydrogen-bond donors (Lipinski definition) is 0. The molecule has 0 N–H and O–H groups in total. The third kappa shape index (κ3) is 4.42. The van der Waals surface area contributed by atoms with Gasteiger partial charge in [0.25, 0.3) is 0 Å². The molecule has 0 aromatic heterocycles. The molecular formula is C21H31F3N2. The van der Waals surface area contributed by atoms with Crippen LogP contribution in [0.2, 0.25) is 0 Å². The van der Waals surface area contributed by atoms with Crippen molar-refractivity contribution in [3.8, 4) is 0 Å². The SMILES string of the molecule is CC(C)N1CCC[C@](CCc2cccc(C(F)(F)F)c2)(N2CCCC2)C1. The number of hydrogen-bond acceptors (Lipinski definition) is 2. The molecule has 0 unspecified atom stereocenters. The van der Waals surface area contributed by atoms with Gasteiger partial charge >= 0.3 is 6.18 Å². The van der Waals surface area contributed by atoms with Gasteiger partial charge in [0.05, 0.1) is 5.56 Å². The van der Waals surface area contributed by atoms with Crippen LogP contribution in [0.3, 0.4) is 0 Å². The monoisotopic (exact) mass is 368 g/mol. The van der Waals surface area contributed by atoms with E-state index in [0.717, 1.165) is 44.6 Å². The first kappa shape index (κ1) is 19.7. The van der Waals surface area contributed by atoms with Crippen molar-refractivity contribution in [2.24, 2.45) is 0 Å². The highest BCUT2D eigenvalue weighted by molar-refractivity contribution is 5.26. The summed E-state index contributed by atoms with van der Waals surface area (Å²) in [6, 6.07) is 6.41. The molecule has 2 aliphatic heterocycles. The molecule has 0 amide bonds. The summed E-state index contributed by atoms with van der Waals surface area (Å²) in [6.45, 7) is 8.93. The maximum absolute atomic E-state index is 13.0. The summed E-state index contributed by atoms with van der Waals surface area (Å²) >= 11 is 0. The van der Waals surface area contributed by atoms with Crippen LogP contribution in [0.25, 0.3) is 0 Å². The second-order valence-corrected chi connectivity index (χ2v) is 8.28. The van der Waals surface area contributed by atoms with Crippen molar-refractivity contribution >= 4 is 0 Å². The lowest BCUT2D eigenvalue weighted by molar-refractivity contribution is -0.137. The average Bonchev–Trinajstić information content (AvgIpc) is 3.15. The lowest BCUT2D eigenvalue weighted by atomic mass is 9.81. The Hall–Kier alpha value is -1.07. The second kappa shape index (κ2) is 7.89. The number of rotatable bonds is 5. The molecule has 2 nitrogen and oxygen atoms in total. The molecule has 146 valence electrons. The molecule has 5 heteroatoms. The summed E-state index contributed by atoms with van der Waals surface area (Å²) in [7, 11) is 0. The lowest BCUT2D eigenvalue weighted by Gasteiger charge is -2.50. The number of halogens is 3. The Morgan fingerprint density at radius 2 is 1.81 bits per heavy atom. The average molecular weight is 368 g/mol. The van der Waals surface area contributed by atoms with Crippen LogP contribution in [0.4, 0.5) is 13.2 Å². The van der Waals surface area contributed by atoms with Crippen LogP contribution < -0.4 is 0 Å². The Morgan fingerprint density at radius 3 is 2.46 bits per heavy atom. The van der Waals surface area contributed by atoms with Gasteiger partial charge in [-0.1, -0.05) is 18.2 Å². The van der Waals surface area contributed by atoms with Gasteiger partial charge in [-0.05, 0) is 83.6 Å². The third-order valence-electron chi connectivity index (χ3n) is 6.23. The Kier molecular flexibility index (Phi) is 5.97. The van der Waals surface area contributed by atoms with E-state index in [-0.39, 0.29) is 5.54 Å². The van der Waals surface area contributed by atoms with Crippen molar-refractivity contribution in [2.45, 2.75) is 70.1 Å². The van der Waals surface area contributed by atoms with Gasteiger partial charge < -0.3 is 0 Å². The van der Waals surface area contributed by atoms with Gasteiger partial charge in [-0.15, -0.1) is 0 Å². The predicted octanol–water partition coefficient (Wildman–Crippen LogP) is 4.98. The zero-order valence-corrected chi connectivity index (χ0v) is 16.0. The minimum absolute atomic E-state index is 0.118. The normalized spacial score (nSPS) is 25.9. The number of aryl methyl sites for hydroxylation is 1. The van der Waals surface area contributed by atoms with Gasteiger partial charge in [-0.25, -0.2) is 0 Å². The molecule has 3 rings (SSSR count). The van der Waals surface area contributed by atoms with Crippen LogP contribution in [-0.4, -0.2) is 47.6 Å². The topological polar surface area (TPSA) is 6.48 Å². The minimum atomic E-state index is -4.26. The van der Waals surface area contributed by atoms with E-state index < -0.39 is 11.7 Å². The van der Waals surface area contributed by atoms with Crippen LogP contribution >= 0.6 is 0 Å². The standard InChI is InChI=1S/C21H31F3N2/c1-17(2)25-12-6-10-20(16-25,26-13-3-4-14-26)11-9-18-7-5-8-19(15-18)21(22,23)24/h5,7-8,15,17H,3-4,6,9-14,16H2,1-2H3/t20-/m1/s1. The van der Waals surface area contributed by atoms with Crippen LogP contribution in [-0.2, 0) is 12.6 Å². The van der Waals surface area contributed by atoms with Gasteiger partial charge in [-0.2, -0.15) is 13.2 Å². The maximum atomic E-state index is 13.0. The molecule has 0 bridgehead atoms. The summed E-state index contributed by atoms with van der Waals surface area (Å²) in [6.07, 6.45) is 2.22. The maximum Gasteiger partial charge on any atom is 0.416 e. The first-order chi connectivity index (χ1) is 12.3. The van der Waals surface area contributed by atoms with Gasteiger partial charge in [-0.3, -0.25) is 9.80 Å². The Morgan fingerprint density at radius 1 is 1.08 bits per heavy atom. The van der Waals surface area contributed by atoms with Crippen LogP contribution in [0, 0.1) is 0 Å². The molecule has 2 aliphatic rings. The van der Waals surface area contributed by atoms with Crippen molar-refractivity contribution in [3.63, 3.8) is 0 Å². The van der Waals surface area contributed by atoms with E-state index in [1.807, 2.05) is 6.07 Å². The third-order valence-corrected chi connectivity index (χ3v) is 6.23. The molecule has 0 radical (unpaired) electrons. The first-order valence-corrected chi connectivity index (χ1v) is 9.95. The fourth-order valence-corrected chi connectivity index (χ4v) is 4.68. The van der Waals surface area contributed by atoms with Crippen molar-refractivity contribution < 1.29 is 13.2 Å². The molecule has 2 fully saturated rings. The molecular weight excluding hydrogens is 337 g/mol. The van der Waals surface area contributed by atoms with E-state index in [1.165, 1.54) is 31.4 Å². The lowest BCUT2D eigenvalue weighted by Crippen LogP contribution is -2.59. The van der Waals surface area contributed by atoms with Crippen molar-refractivity contribution in [1.29, 1.82) is 0 Å². The summed E-state index contributed by atoms with van der Waals surface area (Å²) < 4.78 is 39.0. The summed E-state index contributed by atoms with van der Waals surface area (Å²) in [4.78, 5) is 5.18. The number of piperidine rings is 1. The number of nitrogens with zero attached hydrogens (tertiary/aromatic N) is 2. The molecule has 1 aromatic carbocycles. The second-order valence-electron chi connectivity index (χ2n) is 8.28. The van der Waals surface area contributed by atoms with E-state index in [4.69, 9.17) is 0 Å². The largest absolute Gasteiger partial charge is 0.416 e. The van der Waals surface area contributed by atoms with Crippen molar-refractivity contribution in [3.05, 3.63) is 35.4 Å². The zero-order valence-electron chi connectivity index (χ0n) is 16.0. The molecule has 2 saturated heterocycles. The highest BCUT2D eigenvalue weighted by atomic mass is 19.4. The summed E-state index contributed by atoms with van der Waals surface area (Å²) in [5.74, 6) is 0. The number of likely N-dealkylation sites (tertiary alicyclic amines) is 2. The van der Waals surface area contributed by atoms with Crippen LogP contribution in [0.1, 0.15) is 57.1 Å². The van der Waals surface area contributed by atoms with E-state index in [1.54, 1.807) is 6.07 Å². The van der Waals surface area contributed by atoms with Crippen LogP contribution in [0.15, 0.2) is 24.3 Å². The van der Waals surface area contributed by atoms with Crippen LogP contribution in [0.5, 0.6) is 0 Å². The number of benzene rings is 1. The Balaban J connectivity index is 1.76. The molecule has 1 aromatic rings. The Bertz CT molecular complexity index is 593. The van der Waals surface area contributed by atoms with E-state index in [2.05, 4.69) is 23.6 Å². The smallest absolute Gasteiger partial charge is 0.299 e. The molecule has 0 aliphatic carbocycles. The molecule has 1 atom stereocenters. The van der Waals surface area contributed by atoms with Crippen molar-refractivity contribution in [1.82, 2.24) is 9.80 Å². The van der Waals surface area contributed by atoms with Gasteiger partial charge in [0.2, 0.25) is 0 Å². The summed E-state index contributed by atoms with van der Waals surface area (Å²) in [5, 5.41) is 0. The van der Waals surface area contributed by atoms with Gasteiger partial charge in [0.15, 0.2) is 0 Å². The fourth-order valence-electron chi connectivity index (χ4n) is 4.68. The molecule has 0 spiro atoms. The minimum Gasteiger partial charge on any atom is -0.299 e. The van der Waals surface area contributed by atoms with Gasteiger partial charge in [0, 0.05) is 18.1 Å². The molecule has 2 heterocycles. The first-order valence-electron chi connectivity index (χ1n) is 9.95. The highest BCUT2D eigenvalue weighted by Crippen LogP contribution is 2.36.